The summed E-state index contributed by atoms with van der Waals surface area (Å²) in [7, 11) is 1.55. The average molecular weight is 600 g/mol. The van der Waals surface area contributed by atoms with Gasteiger partial charge in [-0.1, -0.05) is 72.8 Å². The van der Waals surface area contributed by atoms with Gasteiger partial charge in [0.1, 0.15) is 23.9 Å². The standard InChI is InChI=1S/C34H41N5O5/c1-39-30(22-24-12-6-3-7-13-24)33(43)38-29(21-23-10-4-2-5-11-23)32(42)36-19-9-8-14-28(34(39)44)37-31(41)27(35)20-25-15-17-26(40)18-16-25/h2-7,10-13,15-18,27-30,40H,8-9,14,19-22,35H2,1H3,(H,36,42)(H,37,41)(H,38,43)/t27-,28+,29+,30-/m0/s1. The minimum Gasteiger partial charge on any atom is -0.508 e. The summed E-state index contributed by atoms with van der Waals surface area (Å²) in [5.41, 5.74) is 8.72. The van der Waals surface area contributed by atoms with Crippen molar-refractivity contribution in [1.29, 1.82) is 0 Å². The van der Waals surface area contributed by atoms with Gasteiger partial charge in [0.25, 0.3) is 0 Å². The van der Waals surface area contributed by atoms with E-state index in [0.717, 1.165) is 16.7 Å². The van der Waals surface area contributed by atoms with Gasteiger partial charge in [-0.15, -0.1) is 0 Å². The van der Waals surface area contributed by atoms with Gasteiger partial charge in [-0.2, -0.15) is 0 Å². The van der Waals surface area contributed by atoms with Crippen LogP contribution in [0.4, 0.5) is 0 Å². The van der Waals surface area contributed by atoms with E-state index in [1.54, 1.807) is 19.2 Å². The smallest absolute Gasteiger partial charge is 0.245 e. The van der Waals surface area contributed by atoms with Crippen LogP contribution in [0.2, 0.25) is 0 Å². The first-order valence-corrected chi connectivity index (χ1v) is 15.0. The third kappa shape index (κ3) is 9.15. The molecule has 0 aromatic heterocycles. The Morgan fingerprint density at radius 3 is 2.14 bits per heavy atom. The summed E-state index contributed by atoms with van der Waals surface area (Å²) in [6.45, 7) is 0.360. The lowest BCUT2D eigenvalue weighted by molar-refractivity contribution is -0.142. The van der Waals surface area contributed by atoms with E-state index < -0.39 is 41.9 Å². The van der Waals surface area contributed by atoms with Crippen LogP contribution in [0.15, 0.2) is 84.9 Å². The summed E-state index contributed by atoms with van der Waals surface area (Å²) in [4.78, 5) is 55.6. The minimum absolute atomic E-state index is 0.112. The van der Waals surface area contributed by atoms with E-state index >= 15 is 0 Å². The molecule has 232 valence electrons. The van der Waals surface area contributed by atoms with Crippen LogP contribution in [0.3, 0.4) is 0 Å². The zero-order valence-electron chi connectivity index (χ0n) is 24.9. The summed E-state index contributed by atoms with van der Waals surface area (Å²) in [5.74, 6) is -1.55. The van der Waals surface area contributed by atoms with Crippen molar-refractivity contribution in [2.45, 2.75) is 62.7 Å². The maximum atomic E-state index is 14.0. The molecule has 6 N–H and O–H groups in total. The second-order valence-electron chi connectivity index (χ2n) is 11.2. The largest absolute Gasteiger partial charge is 0.508 e. The summed E-state index contributed by atoms with van der Waals surface area (Å²) in [5, 5.41) is 18.2. The molecule has 1 saturated heterocycles. The third-order valence-corrected chi connectivity index (χ3v) is 7.87. The SMILES string of the molecule is CN1C(=O)[C@H](NC(=O)[C@@H](N)Cc2ccc(O)cc2)CCCCNC(=O)[C@@H](Cc2ccccc2)NC(=O)[C@@H]1Cc1ccccc1. The van der Waals surface area contributed by atoms with E-state index in [2.05, 4.69) is 16.0 Å². The van der Waals surface area contributed by atoms with Gasteiger partial charge in [0.2, 0.25) is 23.6 Å². The Labute approximate surface area is 258 Å². The zero-order valence-corrected chi connectivity index (χ0v) is 24.9. The molecule has 0 unspecified atom stereocenters. The van der Waals surface area contributed by atoms with Gasteiger partial charge in [-0.05, 0) is 54.5 Å². The first-order valence-electron chi connectivity index (χ1n) is 15.0. The summed E-state index contributed by atoms with van der Waals surface area (Å²) >= 11 is 0. The highest BCUT2D eigenvalue weighted by Crippen LogP contribution is 2.15. The highest BCUT2D eigenvalue weighted by molar-refractivity contribution is 5.95. The molecule has 10 heteroatoms. The van der Waals surface area contributed by atoms with Crippen LogP contribution < -0.4 is 21.7 Å². The molecule has 1 fully saturated rings. The van der Waals surface area contributed by atoms with Gasteiger partial charge in [-0.25, -0.2) is 0 Å². The second-order valence-corrected chi connectivity index (χ2v) is 11.2. The topological polar surface area (TPSA) is 154 Å². The van der Waals surface area contributed by atoms with Gasteiger partial charge < -0.3 is 31.7 Å². The number of nitrogens with zero attached hydrogens (tertiary/aromatic N) is 1. The molecule has 10 nitrogen and oxygen atoms in total. The van der Waals surface area contributed by atoms with Crippen molar-refractivity contribution in [3.8, 4) is 5.75 Å². The third-order valence-electron chi connectivity index (χ3n) is 7.87. The number of likely N-dealkylation sites (N-methyl/N-ethyl adjacent to an activating group) is 1. The second kappa shape index (κ2) is 15.7. The number of hydrogen-bond acceptors (Lipinski definition) is 6. The van der Waals surface area contributed by atoms with Crippen molar-refractivity contribution in [1.82, 2.24) is 20.9 Å². The first-order chi connectivity index (χ1) is 21.2. The Morgan fingerprint density at radius 2 is 1.50 bits per heavy atom. The average Bonchev–Trinajstić information content (AvgIpc) is 3.03. The van der Waals surface area contributed by atoms with E-state index in [1.807, 2.05) is 60.7 Å². The summed E-state index contributed by atoms with van der Waals surface area (Å²) in [6, 6.07) is 21.6. The number of aromatic hydroxyl groups is 1. The van der Waals surface area contributed by atoms with Crippen molar-refractivity contribution < 1.29 is 24.3 Å². The number of benzene rings is 3. The van der Waals surface area contributed by atoms with Crippen LogP contribution >= 0.6 is 0 Å². The number of rotatable bonds is 8. The molecule has 4 amide bonds. The molecule has 0 spiro atoms. The van der Waals surface area contributed by atoms with Gasteiger partial charge in [0.05, 0.1) is 6.04 Å². The van der Waals surface area contributed by atoms with E-state index in [0.29, 0.717) is 32.2 Å². The molecular formula is C34H41N5O5. The molecule has 0 aliphatic carbocycles. The van der Waals surface area contributed by atoms with E-state index in [-0.39, 0.29) is 24.5 Å². The molecule has 3 aromatic rings. The van der Waals surface area contributed by atoms with Crippen LogP contribution in [-0.4, -0.2) is 71.4 Å². The molecule has 0 saturated carbocycles. The van der Waals surface area contributed by atoms with Gasteiger partial charge in [0.15, 0.2) is 0 Å². The van der Waals surface area contributed by atoms with Crippen LogP contribution in [0.1, 0.15) is 36.0 Å². The van der Waals surface area contributed by atoms with Gasteiger partial charge >= 0.3 is 0 Å². The van der Waals surface area contributed by atoms with Crippen molar-refractivity contribution in [3.63, 3.8) is 0 Å². The monoisotopic (exact) mass is 599 g/mol. The number of carbonyl (C=O) groups excluding carboxylic acids is 4. The molecule has 1 aliphatic heterocycles. The van der Waals surface area contributed by atoms with Crippen molar-refractivity contribution in [3.05, 3.63) is 102 Å². The Kier molecular flexibility index (Phi) is 11.5. The van der Waals surface area contributed by atoms with E-state index in [1.165, 1.54) is 17.0 Å². The van der Waals surface area contributed by atoms with E-state index in [4.69, 9.17) is 5.73 Å². The summed E-state index contributed by atoms with van der Waals surface area (Å²) < 4.78 is 0. The zero-order chi connectivity index (χ0) is 31.5. The Balaban J connectivity index is 1.56. The van der Waals surface area contributed by atoms with Crippen molar-refractivity contribution in [2.75, 3.05) is 13.6 Å². The van der Waals surface area contributed by atoms with Crippen molar-refractivity contribution >= 4 is 23.6 Å². The fourth-order valence-electron chi connectivity index (χ4n) is 5.29. The molecule has 4 rings (SSSR count). The predicted octanol–water partition coefficient (Wildman–Crippen LogP) is 1.84. The molecule has 1 heterocycles. The fourth-order valence-corrected chi connectivity index (χ4v) is 5.29. The highest BCUT2D eigenvalue weighted by Gasteiger charge is 2.35. The number of nitrogens with two attached hydrogens (primary N) is 1. The Hall–Kier alpha value is -4.70. The number of nitrogens with one attached hydrogen (secondary N) is 3. The lowest BCUT2D eigenvalue weighted by Crippen LogP contribution is -2.58. The predicted molar refractivity (Wildman–Crippen MR) is 167 cm³/mol. The van der Waals surface area contributed by atoms with Crippen LogP contribution in [0, 0.1) is 0 Å². The molecule has 1 aliphatic rings. The number of hydrogen-bond donors (Lipinski definition) is 5. The quantitative estimate of drug-likeness (QED) is 0.266. The molecule has 3 aromatic carbocycles. The van der Waals surface area contributed by atoms with Crippen LogP contribution in [-0.2, 0) is 38.4 Å². The Bertz CT molecular complexity index is 1400. The minimum atomic E-state index is -0.943. The maximum absolute atomic E-state index is 14.0. The fraction of sp³-hybridized carbons (Fsp3) is 0.353. The normalized spacial score (nSPS) is 20.7. The summed E-state index contributed by atoms with van der Waals surface area (Å²) in [6.07, 6.45) is 2.17. The number of carbonyl (C=O) groups is 4. The number of phenols is 1. The highest BCUT2D eigenvalue weighted by atomic mass is 16.3. The molecule has 44 heavy (non-hydrogen) atoms. The first kappa shape index (κ1) is 32.2. The lowest BCUT2D eigenvalue weighted by atomic mass is 10.0. The van der Waals surface area contributed by atoms with E-state index in [9.17, 15) is 24.3 Å². The van der Waals surface area contributed by atoms with Crippen LogP contribution in [0.5, 0.6) is 5.75 Å². The van der Waals surface area contributed by atoms with Gasteiger partial charge in [0, 0.05) is 26.4 Å². The molecule has 0 bridgehead atoms. The molecule has 4 atom stereocenters. The number of phenolic OH excluding ortho intramolecular Hbond substituents is 1. The maximum Gasteiger partial charge on any atom is 0.245 e. The number of amides is 4. The van der Waals surface area contributed by atoms with Crippen LogP contribution in [0.25, 0.3) is 0 Å². The van der Waals surface area contributed by atoms with Gasteiger partial charge in [-0.3, -0.25) is 19.2 Å². The molecular weight excluding hydrogens is 558 g/mol. The van der Waals surface area contributed by atoms with Crippen molar-refractivity contribution in [2.24, 2.45) is 5.73 Å². The Morgan fingerprint density at radius 1 is 0.886 bits per heavy atom. The lowest BCUT2D eigenvalue weighted by Gasteiger charge is -2.32. The molecule has 0 radical (unpaired) electrons.